The van der Waals surface area contributed by atoms with E-state index in [-0.39, 0.29) is 11.7 Å². The second-order valence-corrected chi connectivity index (χ2v) is 9.71. The predicted molar refractivity (Wildman–Crippen MR) is 132 cm³/mol. The van der Waals surface area contributed by atoms with Crippen molar-refractivity contribution in [3.8, 4) is 22.9 Å². The fraction of sp³-hybridized carbons (Fsp3) is 0.240. The summed E-state index contributed by atoms with van der Waals surface area (Å²) in [5.74, 6) is 0.474. The zero-order chi connectivity index (χ0) is 24.6. The van der Waals surface area contributed by atoms with Gasteiger partial charge in [-0.15, -0.1) is 11.8 Å². The van der Waals surface area contributed by atoms with Crippen LogP contribution in [0.3, 0.4) is 0 Å². The molecule has 0 aliphatic heterocycles. The van der Waals surface area contributed by atoms with E-state index in [0.717, 1.165) is 16.0 Å². The lowest BCUT2D eigenvalue weighted by Gasteiger charge is -2.26. The molecule has 2 unspecified atom stereocenters. The smallest absolute Gasteiger partial charge is 0.241 e. The first-order valence-electron chi connectivity index (χ1n) is 10.3. The summed E-state index contributed by atoms with van der Waals surface area (Å²) in [7, 11) is -1.01. The molecule has 3 aromatic rings. The monoisotopic (exact) mass is 498 g/mol. The fourth-order valence-electron chi connectivity index (χ4n) is 3.55. The molecule has 34 heavy (non-hydrogen) atoms. The maximum atomic E-state index is 12.9. The van der Waals surface area contributed by atoms with Crippen molar-refractivity contribution in [1.29, 1.82) is 5.26 Å². The quantitative estimate of drug-likeness (QED) is 0.304. The van der Waals surface area contributed by atoms with Crippen LogP contribution in [-0.4, -0.2) is 41.7 Å². The zero-order valence-electron chi connectivity index (χ0n) is 19.1. The van der Waals surface area contributed by atoms with Crippen LogP contribution in [0.4, 0.5) is 0 Å². The van der Waals surface area contributed by atoms with E-state index in [2.05, 4.69) is 4.72 Å². The van der Waals surface area contributed by atoms with Crippen molar-refractivity contribution in [1.82, 2.24) is 4.72 Å². The molecule has 0 saturated carbocycles. The number of ether oxygens (including phenoxy) is 3. The van der Waals surface area contributed by atoms with E-state index in [0.29, 0.717) is 11.3 Å². The molecule has 3 aromatic carbocycles. The summed E-state index contributed by atoms with van der Waals surface area (Å²) in [5.41, 5.74) is 2.47. The van der Waals surface area contributed by atoms with E-state index >= 15 is 0 Å². The van der Waals surface area contributed by atoms with Crippen molar-refractivity contribution in [2.45, 2.75) is 21.9 Å². The lowest BCUT2D eigenvalue weighted by molar-refractivity contribution is 0.0416. The molecule has 178 valence electrons. The van der Waals surface area contributed by atoms with Crippen LogP contribution in [-0.2, 0) is 19.5 Å². The Morgan fingerprint density at radius 3 is 2.21 bits per heavy atom. The van der Waals surface area contributed by atoms with Crippen LogP contribution in [0.1, 0.15) is 11.7 Å². The molecule has 7 nitrogen and oxygen atoms in total. The van der Waals surface area contributed by atoms with Crippen molar-refractivity contribution in [2.75, 3.05) is 27.3 Å². The van der Waals surface area contributed by atoms with Gasteiger partial charge in [-0.1, -0.05) is 60.7 Å². The van der Waals surface area contributed by atoms with Gasteiger partial charge in [-0.25, -0.2) is 8.42 Å². The Hall–Kier alpha value is -2.87. The number of sulfonamides is 1. The SMILES string of the molecule is COCOc1c(C(OC)C(C#N)NS(=O)(=O)c2ccccc2)ccc(-c2ccccc2)c1SC. The highest BCUT2D eigenvalue weighted by Crippen LogP contribution is 2.43. The van der Waals surface area contributed by atoms with Crippen LogP contribution < -0.4 is 9.46 Å². The number of nitriles is 1. The number of hydrogen-bond donors (Lipinski definition) is 1. The van der Waals surface area contributed by atoms with Gasteiger partial charge in [0.25, 0.3) is 0 Å². The highest BCUT2D eigenvalue weighted by atomic mass is 32.2. The predicted octanol–water partition coefficient (Wildman–Crippen LogP) is 4.62. The van der Waals surface area contributed by atoms with Crippen LogP contribution in [0.5, 0.6) is 5.75 Å². The number of rotatable bonds is 11. The third-order valence-corrected chi connectivity index (χ3v) is 7.36. The molecule has 0 radical (unpaired) electrons. The van der Waals surface area contributed by atoms with E-state index in [4.69, 9.17) is 14.2 Å². The molecule has 3 rings (SSSR count). The Balaban J connectivity index is 2.08. The first-order chi connectivity index (χ1) is 16.5. The maximum Gasteiger partial charge on any atom is 0.241 e. The number of benzene rings is 3. The molecule has 0 aromatic heterocycles. The highest BCUT2D eigenvalue weighted by molar-refractivity contribution is 7.98. The number of thioether (sulfide) groups is 1. The standard InChI is InChI=1S/C25H26N2O5S2/c1-30-17-32-24-21(15-14-20(25(24)33-3)18-10-6-4-7-11-18)23(31-2)22(16-26)27-34(28,29)19-12-8-5-9-13-19/h4-15,22-23,27H,17H2,1-3H3. The van der Waals surface area contributed by atoms with Crippen molar-refractivity contribution in [3.63, 3.8) is 0 Å². The van der Waals surface area contributed by atoms with Crippen LogP contribution in [0, 0.1) is 11.3 Å². The van der Waals surface area contributed by atoms with Gasteiger partial charge in [0.15, 0.2) is 6.79 Å². The second-order valence-electron chi connectivity index (χ2n) is 7.18. The summed E-state index contributed by atoms with van der Waals surface area (Å²) in [6.07, 6.45) is 0.985. The summed E-state index contributed by atoms with van der Waals surface area (Å²) >= 11 is 1.48. The van der Waals surface area contributed by atoms with E-state index in [1.165, 1.54) is 38.1 Å². The van der Waals surface area contributed by atoms with E-state index in [1.54, 1.807) is 24.3 Å². The number of hydrogen-bond acceptors (Lipinski definition) is 7. The van der Waals surface area contributed by atoms with Gasteiger partial charge in [-0.05, 0) is 29.5 Å². The van der Waals surface area contributed by atoms with Crippen LogP contribution in [0.15, 0.2) is 82.6 Å². The summed E-state index contributed by atoms with van der Waals surface area (Å²) in [6, 6.07) is 22.3. The molecule has 0 fully saturated rings. The topological polar surface area (TPSA) is 97.7 Å². The third kappa shape index (κ3) is 5.78. The highest BCUT2D eigenvalue weighted by Gasteiger charge is 2.32. The Kier molecular flexibility index (Phi) is 9.10. The Labute approximate surface area is 204 Å². The van der Waals surface area contributed by atoms with Crippen LogP contribution in [0.25, 0.3) is 11.1 Å². The average molecular weight is 499 g/mol. The minimum atomic E-state index is -3.95. The van der Waals surface area contributed by atoms with Crippen LogP contribution >= 0.6 is 11.8 Å². The van der Waals surface area contributed by atoms with Gasteiger partial charge in [0, 0.05) is 19.8 Å². The van der Waals surface area contributed by atoms with E-state index < -0.39 is 22.2 Å². The van der Waals surface area contributed by atoms with Gasteiger partial charge in [0.2, 0.25) is 10.0 Å². The average Bonchev–Trinajstić information content (AvgIpc) is 2.88. The summed E-state index contributed by atoms with van der Waals surface area (Å²) in [5, 5.41) is 9.90. The molecule has 0 bridgehead atoms. The Bertz CT molecular complexity index is 1230. The molecule has 2 atom stereocenters. The van der Waals surface area contributed by atoms with Gasteiger partial charge in [0.05, 0.1) is 15.9 Å². The Morgan fingerprint density at radius 1 is 1.00 bits per heavy atom. The van der Waals surface area contributed by atoms with Gasteiger partial charge in [-0.3, -0.25) is 0 Å². The minimum absolute atomic E-state index is 0.0256. The third-order valence-electron chi connectivity index (χ3n) is 5.09. The van der Waals surface area contributed by atoms with E-state index in [1.807, 2.05) is 48.7 Å². The van der Waals surface area contributed by atoms with Crippen LogP contribution in [0.2, 0.25) is 0 Å². The van der Waals surface area contributed by atoms with Gasteiger partial charge < -0.3 is 14.2 Å². The minimum Gasteiger partial charge on any atom is -0.466 e. The largest absolute Gasteiger partial charge is 0.466 e. The fourth-order valence-corrected chi connectivity index (χ4v) is 5.48. The summed E-state index contributed by atoms with van der Waals surface area (Å²) in [6.45, 7) is -0.0256. The molecule has 9 heteroatoms. The lowest BCUT2D eigenvalue weighted by Crippen LogP contribution is -2.39. The number of nitrogens with zero attached hydrogens (tertiary/aromatic N) is 1. The molecule has 0 spiro atoms. The second kappa shape index (κ2) is 12.0. The molecule has 0 saturated heterocycles. The molecule has 0 heterocycles. The van der Waals surface area contributed by atoms with Crippen molar-refractivity contribution < 1.29 is 22.6 Å². The first kappa shape index (κ1) is 25.7. The first-order valence-corrected chi connectivity index (χ1v) is 13.1. The van der Waals surface area contributed by atoms with Crippen molar-refractivity contribution in [2.24, 2.45) is 0 Å². The summed E-state index contributed by atoms with van der Waals surface area (Å²) < 4.78 is 45.0. The molecule has 0 aliphatic carbocycles. The molecular weight excluding hydrogens is 472 g/mol. The number of nitrogens with one attached hydrogen (secondary N) is 1. The lowest BCUT2D eigenvalue weighted by atomic mass is 9.97. The van der Waals surface area contributed by atoms with Gasteiger partial charge in [0.1, 0.15) is 17.9 Å². The number of methoxy groups -OCH3 is 2. The molecule has 0 aliphatic rings. The van der Waals surface area contributed by atoms with Gasteiger partial charge >= 0.3 is 0 Å². The molecule has 1 N–H and O–H groups in total. The maximum absolute atomic E-state index is 12.9. The van der Waals surface area contributed by atoms with Gasteiger partial charge in [-0.2, -0.15) is 9.98 Å². The van der Waals surface area contributed by atoms with E-state index in [9.17, 15) is 13.7 Å². The normalized spacial score (nSPS) is 13.1. The summed E-state index contributed by atoms with van der Waals surface area (Å²) in [4.78, 5) is 0.885. The van der Waals surface area contributed by atoms with Crippen molar-refractivity contribution >= 4 is 21.8 Å². The molecule has 0 amide bonds. The zero-order valence-corrected chi connectivity index (χ0v) is 20.7. The Morgan fingerprint density at radius 2 is 1.65 bits per heavy atom. The van der Waals surface area contributed by atoms with Crippen molar-refractivity contribution in [3.05, 3.63) is 78.4 Å². The molecular formula is C25H26N2O5S2.